The molecule has 0 saturated heterocycles. The van der Waals surface area contributed by atoms with Crippen molar-refractivity contribution in [3.63, 3.8) is 0 Å². The minimum atomic E-state index is -0.616. The Morgan fingerprint density at radius 1 is 1.24 bits per heavy atom. The molecule has 0 fully saturated rings. The third kappa shape index (κ3) is 4.48. The summed E-state index contributed by atoms with van der Waals surface area (Å²) in [4.78, 5) is 25.6. The molecule has 0 aliphatic heterocycles. The average Bonchev–Trinajstić information content (AvgIpc) is 3.26. The number of aromatic nitrogens is 4. The number of benzene rings is 1. The number of esters is 1. The van der Waals surface area contributed by atoms with Crippen LogP contribution in [0.4, 0.5) is 5.69 Å². The Morgan fingerprint density at radius 3 is 2.84 bits per heavy atom. The Hall–Kier alpha value is -3.07. The Bertz CT molecular complexity index is 876. The third-order valence-corrected chi connectivity index (χ3v) is 4.11. The number of nitrogens with zero attached hydrogens (tertiary/aromatic N) is 4. The highest BCUT2D eigenvalue weighted by Crippen LogP contribution is 2.19. The molecule has 8 nitrogen and oxygen atoms in total. The van der Waals surface area contributed by atoms with Crippen molar-refractivity contribution in [3.8, 4) is 10.7 Å². The molecule has 128 valence electrons. The summed E-state index contributed by atoms with van der Waals surface area (Å²) in [5.41, 5.74) is 1.61. The predicted molar refractivity (Wildman–Crippen MR) is 91.9 cm³/mol. The maximum absolute atomic E-state index is 11.8. The molecule has 3 rings (SSSR count). The van der Waals surface area contributed by atoms with Crippen molar-refractivity contribution >= 4 is 28.9 Å². The van der Waals surface area contributed by atoms with Crippen LogP contribution in [0.3, 0.4) is 0 Å². The molecular formula is C16H15N5O3S. The first-order chi connectivity index (χ1) is 12.1. The topological polar surface area (TPSA) is 99.0 Å². The summed E-state index contributed by atoms with van der Waals surface area (Å²) in [7, 11) is 0. The summed E-state index contributed by atoms with van der Waals surface area (Å²) in [5, 5.41) is 16.4. The molecule has 2 heterocycles. The SMILES string of the molecule is Cc1ccccc1NC(=O)COC(=O)Cn1nnc(-c2cccs2)n1. The maximum Gasteiger partial charge on any atom is 0.330 e. The van der Waals surface area contributed by atoms with Gasteiger partial charge in [0, 0.05) is 5.69 Å². The summed E-state index contributed by atoms with van der Waals surface area (Å²) in [6, 6.07) is 11.1. The predicted octanol–water partition coefficient (Wildman–Crippen LogP) is 1.89. The second kappa shape index (κ2) is 7.67. The van der Waals surface area contributed by atoms with Gasteiger partial charge in [0.2, 0.25) is 5.82 Å². The number of hydrogen-bond acceptors (Lipinski definition) is 7. The summed E-state index contributed by atoms with van der Waals surface area (Å²) in [5.74, 6) is -0.580. The molecule has 0 atom stereocenters. The first-order valence-electron chi connectivity index (χ1n) is 7.44. The number of ether oxygens (including phenoxy) is 1. The number of carbonyl (C=O) groups excluding carboxylic acids is 2. The van der Waals surface area contributed by atoms with Gasteiger partial charge in [-0.25, -0.2) is 4.79 Å². The lowest BCUT2D eigenvalue weighted by molar-refractivity contribution is -0.148. The highest BCUT2D eigenvalue weighted by molar-refractivity contribution is 7.13. The summed E-state index contributed by atoms with van der Waals surface area (Å²) < 4.78 is 4.94. The Labute approximate surface area is 147 Å². The van der Waals surface area contributed by atoms with Crippen LogP contribution in [0.25, 0.3) is 10.7 Å². The lowest BCUT2D eigenvalue weighted by Gasteiger charge is -2.08. The summed E-state index contributed by atoms with van der Waals surface area (Å²) in [6.07, 6.45) is 0. The molecule has 1 N–H and O–H groups in total. The van der Waals surface area contributed by atoms with Gasteiger partial charge in [0.15, 0.2) is 13.2 Å². The molecule has 0 aliphatic carbocycles. The van der Waals surface area contributed by atoms with Gasteiger partial charge < -0.3 is 10.1 Å². The Balaban J connectivity index is 1.48. The van der Waals surface area contributed by atoms with Crippen LogP contribution in [0.2, 0.25) is 0 Å². The first kappa shape index (κ1) is 16.8. The van der Waals surface area contributed by atoms with Gasteiger partial charge >= 0.3 is 5.97 Å². The van der Waals surface area contributed by atoms with Gasteiger partial charge in [-0.1, -0.05) is 24.3 Å². The largest absolute Gasteiger partial charge is 0.454 e. The van der Waals surface area contributed by atoms with Gasteiger partial charge in [-0.2, -0.15) is 4.80 Å². The van der Waals surface area contributed by atoms with E-state index in [0.717, 1.165) is 15.2 Å². The lowest BCUT2D eigenvalue weighted by atomic mass is 10.2. The van der Waals surface area contributed by atoms with Gasteiger partial charge in [0.1, 0.15) is 0 Å². The van der Waals surface area contributed by atoms with Gasteiger partial charge in [-0.15, -0.1) is 21.5 Å². The molecule has 0 saturated carbocycles. The van der Waals surface area contributed by atoms with Crippen molar-refractivity contribution in [3.05, 3.63) is 47.3 Å². The van der Waals surface area contributed by atoms with Crippen LogP contribution in [0, 0.1) is 6.92 Å². The number of amides is 1. The molecule has 3 aromatic rings. The number of hydrogen-bond donors (Lipinski definition) is 1. The van der Waals surface area contributed by atoms with Crippen LogP contribution < -0.4 is 5.32 Å². The lowest BCUT2D eigenvalue weighted by Crippen LogP contribution is -2.23. The summed E-state index contributed by atoms with van der Waals surface area (Å²) >= 11 is 1.48. The quantitative estimate of drug-likeness (QED) is 0.677. The molecule has 25 heavy (non-hydrogen) atoms. The third-order valence-electron chi connectivity index (χ3n) is 3.25. The van der Waals surface area contributed by atoms with Crippen molar-refractivity contribution in [2.75, 3.05) is 11.9 Å². The average molecular weight is 357 g/mol. The molecule has 0 bridgehead atoms. The zero-order chi connectivity index (χ0) is 17.6. The number of carbonyl (C=O) groups is 2. The van der Waals surface area contributed by atoms with E-state index < -0.39 is 11.9 Å². The molecule has 0 aliphatic rings. The van der Waals surface area contributed by atoms with Crippen LogP contribution in [-0.4, -0.2) is 38.7 Å². The van der Waals surface area contributed by atoms with E-state index in [9.17, 15) is 9.59 Å². The number of aryl methyl sites for hydroxylation is 1. The minimum Gasteiger partial charge on any atom is -0.454 e. The van der Waals surface area contributed by atoms with Gasteiger partial charge in [-0.3, -0.25) is 4.79 Å². The fourth-order valence-corrected chi connectivity index (χ4v) is 2.67. The van der Waals surface area contributed by atoms with Crippen LogP contribution in [0.5, 0.6) is 0 Å². The molecule has 0 radical (unpaired) electrons. The number of anilines is 1. The molecular weight excluding hydrogens is 342 g/mol. The summed E-state index contributed by atoms with van der Waals surface area (Å²) in [6.45, 7) is 1.29. The molecule has 2 aromatic heterocycles. The number of rotatable bonds is 6. The Morgan fingerprint density at radius 2 is 2.08 bits per heavy atom. The van der Waals surface area contributed by atoms with E-state index in [0.29, 0.717) is 11.5 Å². The molecule has 1 aromatic carbocycles. The number of nitrogens with one attached hydrogen (secondary N) is 1. The fraction of sp³-hybridized carbons (Fsp3) is 0.188. The minimum absolute atomic E-state index is 0.212. The van der Waals surface area contributed by atoms with Gasteiger partial charge in [0.05, 0.1) is 4.88 Å². The fourth-order valence-electron chi connectivity index (χ4n) is 2.02. The van der Waals surface area contributed by atoms with Crippen LogP contribution in [-0.2, 0) is 20.9 Å². The van der Waals surface area contributed by atoms with E-state index in [1.807, 2.05) is 42.6 Å². The highest BCUT2D eigenvalue weighted by atomic mass is 32.1. The van der Waals surface area contributed by atoms with E-state index in [2.05, 4.69) is 20.7 Å². The number of thiophene rings is 1. The second-order valence-corrected chi connectivity index (χ2v) is 6.09. The van der Waals surface area contributed by atoms with Crippen LogP contribution in [0.1, 0.15) is 5.56 Å². The van der Waals surface area contributed by atoms with Crippen molar-refractivity contribution < 1.29 is 14.3 Å². The smallest absolute Gasteiger partial charge is 0.330 e. The molecule has 1 amide bonds. The van der Waals surface area contributed by atoms with Crippen molar-refractivity contribution in [2.24, 2.45) is 0 Å². The van der Waals surface area contributed by atoms with E-state index in [4.69, 9.17) is 4.74 Å². The zero-order valence-corrected chi connectivity index (χ0v) is 14.2. The second-order valence-electron chi connectivity index (χ2n) is 5.14. The van der Waals surface area contributed by atoms with Gasteiger partial charge in [0.25, 0.3) is 5.91 Å². The maximum atomic E-state index is 11.8. The molecule has 9 heteroatoms. The zero-order valence-electron chi connectivity index (χ0n) is 13.4. The monoisotopic (exact) mass is 357 g/mol. The van der Waals surface area contributed by atoms with E-state index in [1.54, 1.807) is 6.07 Å². The van der Waals surface area contributed by atoms with Crippen molar-refractivity contribution in [1.82, 2.24) is 20.2 Å². The van der Waals surface area contributed by atoms with E-state index in [1.165, 1.54) is 11.3 Å². The Kier molecular flexibility index (Phi) is 5.14. The molecule has 0 unspecified atom stereocenters. The molecule has 0 spiro atoms. The standard InChI is InChI=1S/C16H15N5O3S/c1-11-5-2-3-6-12(11)17-14(22)10-24-15(23)9-21-19-16(18-20-21)13-7-4-8-25-13/h2-8H,9-10H2,1H3,(H,17,22). The number of tetrazole rings is 1. The van der Waals surface area contributed by atoms with E-state index in [-0.39, 0.29) is 13.2 Å². The van der Waals surface area contributed by atoms with Gasteiger partial charge in [-0.05, 0) is 35.2 Å². The first-order valence-corrected chi connectivity index (χ1v) is 8.32. The highest BCUT2D eigenvalue weighted by Gasteiger charge is 2.13. The van der Waals surface area contributed by atoms with E-state index >= 15 is 0 Å². The van der Waals surface area contributed by atoms with Crippen LogP contribution >= 0.6 is 11.3 Å². The number of para-hydroxylation sites is 1. The van der Waals surface area contributed by atoms with Crippen LogP contribution in [0.15, 0.2) is 41.8 Å². The normalized spacial score (nSPS) is 10.4. The van der Waals surface area contributed by atoms with Crippen molar-refractivity contribution in [1.29, 1.82) is 0 Å². The van der Waals surface area contributed by atoms with Crippen molar-refractivity contribution in [2.45, 2.75) is 13.5 Å².